The zero-order chi connectivity index (χ0) is 19.6. The van der Waals surface area contributed by atoms with Gasteiger partial charge in [-0.25, -0.2) is 13.6 Å². The molecule has 1 aromatic carbocycles. The molecule has 0 bridgehead atoms. The first-order valence-corrected chi connectivity index (χ1v) is 9.91. The SMILES string of the molecule is O=C(Nc1ccc(F)cc1F)NC1(c2nc(-c3ccsc3)no2)CCCCC1. The van der Waals surface area contributed by atoms with Gasteiger partial charge in [-0.15, -0.1) is 0 Å². The molecule has 0 spiro atoms. The second-order valence-corrected chi connectivity index (χ2v) is 7.56. The Kier molecular flexibility index (Phi) is 5.08. The van der Waals surface area contributed by atoms with Gasteiger partial charge in [-0.2, -0.15) is 16.3 Å². The number of benzene rings is 1. The lowest BCUT2D eigenvalue weighted by Gasteiger charge is -2.34. The maximum absolute atomic E-state index is 13.8. The Hall–Kier alpha value is -2.81. The molecular weight excluding hydrogens is 386 g/mol. The van der Waals surface area contributed by atoms with Crippen LogP contribution in [-0.2, 0) is 5.54 Å². The van der Waals surface area contributed by atoms with E-state index in [1.54, 1.807) is 0 Å². The van der Waals surface area contributed by atoms with Crippen molar-refractivity contribution in [3.63, 3.8) is 0 Å². The smallest absolute Gasteiger partial charge is 0.320 e. The zero-order valence-corrected chi connectivity index (χ0v) is 15.7. The molecule has 1 aliphatic carbocycles. The van der Waals surface area contributed by atoms with Gasteiger partial charge < -0.3 is 15.2 Å². The summed E-state index contributed by atoms with van der Waals surface area (Å²) >= 11 is 1.53. The third kappa shape index (κ3) is 3.75. The third-order valence-corrected chi connectivity index (χ3v) is 5.54. The molecule has 6 nitrogen and oxygen atoms in total. The number of carbonyl (C=O) groups is 1. The van der Waals surface area contributed by atoms with E-state index in [4.69, 9.17) is 4.52 Å². The molecule has 2 N–H and O–H groups in total. The zero-order valence-electron chi connectivity index (χ0n) is 14.9. The van der Waals surface area contributed by atoms with Crippen molar-refractivity contribution in [2.24, 2.45) is 0 Å². The summed E-state index contributed by atoms with van der Waals surface area (Å²) in [7, 11) is 0. The maximum atomic E-state index is 13.8. The highest BCUT2D eigenvalue weighted by Gasteiger charge is 2.41. The number of urea groups is 1. The first kappa shape index (κ1) is 18.5. The van der Waals surface area contributed by atoms with Crippen molar-refractivity contribution in [3.05, 3.63) is 52.6 Å². The van der Waals surface area contributed by atoms with Crippen LogP contribution in [0.15, 0.2) is 39.5 Å². The van der Waals surface area contributed by atoms with Crippen molar-refractivity contribution in [2.75, 3.05) is 5.32 Å². The fourth-order valence-corrected chi connectivity index (χ4v) is 4.07. The molecule has 4 rings (SSSR count). The van der Waals surface area contributed by atoms with E-state index in [9.17, 15) is 13.6 Å². The summed E-state index contributed by atoms with van der Waals surface area (Å²) in [5.41, 5.74) is -0.0711. The number of aromatic nitrogens is 2. The minimum absolute atomic E-state index is 0.102. The lowest BCUT2D eigenvalue weighted by molar-refractivity contribution is 0.173. The standard InChI is InChI=1S/C19H18F2N4O2S/c20-13-4-5-15(14(21)10-13)22-18(26)24-19(7-2-1-3-8-19)17-23-16(25-27-17)12-6-9-28-11-12/h4-6,9-11H,1-3,7-8H2,(H2,22,24,26). The Labute approximate surface area is 164 Å². The van der Waals surface area contributed by atoms with Gasteiger partial charge in [-0.05, 0) is 36.4 Å². The van der Waals surface area contributed by atoms with Crippen LogP contribution in [-0.4, -0.2) is 16.2 Å². The number of halogens is 2. The quantitative estimate of drug-likeness (QED) is 0.637. The van der Waals surface area contributed by atoms with Crippen molar-refractivity contribution < 1.29 is 18.1 Å². The Morgan fingerprint density at radius 2 is 2.00 bits per heavy atom. The molecule has 1 saturated carbocycles. The van der Waals surface area contributed by atoms with Crippen LogP contribution in [0.5, 0.6) is 0 Å². The second kappa shape index (κ2) is 7.67. The van der Waals surface area contributed by atoms with Crippen LogP contribution in [0.2, 0.25) is 0 Å². The number of hydrogen-bond donors (Lipinski definition) is 2. The minimum atomic E-state index is -0.842. The largest absolute Gasteiger partial charge is 0.336 e. The van der Waals surface area contributed by atoms with Gasteiger partial charge in [0, 0.05) is 17.0 Å². The second-order valence-electron chi connectivity index (χ2n) is 6.78. The number of hydrogen-bond acceptors (Lipinski definition) is 5. The van der Waals surface area contributed by atoms with Gasteiger partial charge in [0.05, 0.1) is 5.69 Å². The van der Waals surface area contributed by atoms with Gasteiger partial charge in [0.1, 0.15) is 17.2 Å². The monoisotopic (exact) mass is 404 g/mol. The molecule has 0 atom stereocenters. The molecule has 2 aromatic heterocycles. The molecule has 146 valence electrons. The molecule has 1 aliphatic rings. The van der Waals surface area contributed by atoms with Gasteiger partial charge in [-0.3, -0.25) is 0 Å². The summed E-state index contributed by atoms with van der Waals surface area (Å²) in [6, 6.07) is 4.27. The van der Waals surface area contributed by atoms with Crippen LogP contribution in [0, 0.1) is 11.6 Å². The summed E-state index contributed by atoms with van der Waals surface area (Å²) in [4.78, 5) is 17.1. The number of anilines is 1. The summed E-state index contributed by atoms with van der Waals surface area (Å²) in [6.45, 7) is 0. The highest BCUT2D eigenvalue weighted by molar-refractivity contribution is 7.08. The highest BCUT2D eigenvalue weighted by Crippen LogP contribution is 2.37. The Balaban J connectivity index is 1.56. The average Bonchev–Trinajstić information content (AvgIpc) is 3.36. The Morgan fingerprint density at radius 3 is 2.71 bits per heavy atom. The molecular formula is C19H18F2N4O2S. The number of nitrogens with one attached hydrogen (secondary N) is 2. The van der Waals surface area contributed by atoms with Crippen molar-refractivity contribution >= 4 is 23.1 Å². The normalized spacial score (nSPS) is 15.9. The lowest BCUT2D eigenvalue weighted by atomic mass is 9.81. The first-order chi connectivity index (χ1) is 13.6. The van der Waals surface area contributed by atoms with Crippen LogP contribution >= 0.6 is 11.3 Å². The van der Waals surface area contributed by atoms with Crippen molar-refractivity contribution in [1.29, 1.82) is 0 Å². The van der Waals surface area contributed by atoms with Gasteiger partial charge in [0.2, 0.25) is 5.82 Å². The molecule has 2 heterocycles. The molecule has 9 heteroatoms. The summed E-state index contributed by atoms with van der Waals surface area (Å²) in [5.74, 6) is -0.750. The number of thiophene rings is 1. The van der Waals surface area contributed by atoms with E-state index in [0.29, 0.717) is 24.6 Å². The molecule has 28 heavy (non-hydrogen) atoms. The van der Waals surface area contributed by atoms with E-state index < -0.39 is 23.2 Å². The first-order valence-electron chi connectivity index (χ1n) is 8.97. The number of rotatable bonds is 4. The summed E-state index contributed by atoms with van der Waals surface area (Å²) in [5, 5.41) is 13.2. The lowest BCUT2D eigenvalue weighted by Crippen LogP contribution is -2.49. The van der Waals surface area contributed by atoms with Gasteiger partial charge in [0.25, 0.3) is 5.89 Å². The Bertz CT molecular complexity index is 968. The molecule has 2 amide bonds. The molecule has 0 unspecified atom stereocenters. The molecule has 0 saturated heterocycles. The third-order valence-electron chi connectivity index (χ3n) is 4.85. The molecule has 1 fully saturated rings. The predicted molar refractivity (Wildman–Crippen MR) is 101 cm³/mol. The number of amides is 2. The van der Waals surface area contributed by atoms with E-state index >= 15 is 0 Å². The molecule has 0 aliphatic heterocycles. The van der Waals surface area contributed by atoms with Gasteiger partial charge >= 0.3 is 6.03 Å². The fourth-order valence-electron chi connectivity index (χ4n) is 3.44. The van der Waals surface area contributed by atoms with Crippen molar-refractivity contribution in [2.45, 2.75) is 37.6 Å². The van der Waals surface area contributed by atoms with E-state index in [2.05, 4.69) is 20.8 Å². The maximum Gasteiger partial charge on any atom is 0.320 e. The highest BCUT2D eigenvalue weighted by atomic mass is 32.1. The summed E-state index contributed by atoms with van der Waals surface area (Å²) < 4.78 is 32.4. The Morgan fingerprint density at radius 1 is 1.18 bits per heavy atom. The van der Waals surface area contributed by atoms with E-state index in [0.717, 1.165) is 37.0 Å². The predicted octanol–water partition coefficient (Wildman–Crippen LogP) is 5.06. The molecule has 3 aromatic rings. The molecule has 0 radical (unpaired) electrons. The fraction of sp³-hybridized carbons (Fsp3) is 0.316. The minimum Gasteiger partial charge on any atom is -0.336 e. The van der Waals surface area contributed by atoms with E-state index in [1.807, 2.05) is 16.8 Å². The summed E-state index contributed by atoms with van der Waals surface area (Å²) in [6.07, 6.45) is 4.10. The van der Waals surface area contributed by atoms with Gasteiger partial charge in [-0.1, -0.05) is 24.4 Å². The van der Waals surface area contributed by atoms with Crippen LogP contribution < -0.4 is 10.6 Å². The van der Waals surface area contributed by atoms with Crippen molar-refractivity contribution in [3.8, 4) is 11.4 Å². The van der Waals surface area contributed by atoms with Crippen LogP contribution in [0.3, 0.4) is 0 Å². The van der Waals surface area contributed by atoms with Crippen LogP contribution in [0.25, 0.3) is 11.4 Å². The van der Waals surface area contributed by atoms with E-state index in [1.165, 1.54) is 17.4 Å². The van der Waals surface area contributed by atoms with Gasteiger partial charge in [0.15, 0.2) is 0 Å². The number of nitrogens with zero attached hydrogens (tertiary/aromatic N) is 2. The van der Waals surface area contributed by atoms with Crippen LogP contribution in [0.1, 0.15) is 38.0 Å². The van der Waals surface area contributed by atoms with Crippen LogP contribution in [0.4, 0.5) is 19.3 Å². The van der Waals surface area contributed by atoms with Crippen molar-refractivity contribution in [1.82, 2.24) is 15.5 Å². The topological polar surface area (TPSA) is 80.0 Å². The average molecular weight is 404 g/mol. The van der Waals surface area contributed by atoms with E-state index in [-0.39, 0.29) is 5.69 Å². The number of carbonyl (C=O) groups excluding carboxylic acids is 1.